The Morgan fingerprint density at radius 2 is 1.92 bits per heavy atom. The second-order valence-electron chi connectivity index (χ2n) is 6.49. The second kappa shape index (κ2) is 5.37. The Labute approximate surface area is 140 Å². The van der Waals surface area contributed by atoms with Crippen LogP contribution in [0, 0.1) is 5.92 Å². The molecule has 1 aromatic rings. The predicted molar refractivity (Wildman–Crippen MR) is 85.4 cm³/mol. The first-order chi connectivity index (χ1) is 11.6. The number of carbonyl (C=O) groups excluding carboxylic acids is 2. The molecule has 4 saturated heterocycles. The normalized spacial score (nSPS) is 31.5. The van der Waals surface area contributed by atoms with Crippen LogP contribution < -0.4 is 14.4 Å². The molecule has 1 aromatic carbocycles. The first-order valence-electron chi connectivity index (χ1n) is 8.11. The van der Waals surface area contributed by atoms with E-state index in [1.807, 2.05) is 0 Å². The van der Waals surface area contributed by atoms with Crippen molar-refractivity contribution in [2.24, 2.45) is 5.92 Å². The van der Waals surface area contributed by atoms with Crippen molar-refractivity contribution < 1.29 is 23.8 Å². The summed E-state index contributed by atoms with van der Waals surface area (Å²) in [6.45, 7) is 2.39. The molecule has 2 bridgehead atoms. The molecule has 7 heteroatoms. The van der Waals surface area contributed by atoms with Crippen molar-refractivity contribution >= 4 is 17.7 Å². The van der Waals surface area contributed by atoms with E-state index in [1.54, 1.807) is 18.2 Å². The summed E-state index contributed by atoms with van der Waals surface area (Å²) in [6.07, 6.45) is 1.12. The third-order valence-corrected chi connectivity index (χ3v) is 5.35. The highest BCUT2D eigenvalue weighted by Crippen LogP contribution is 2.46. The molecule has 0 aliphatic carbocycles. The molecule has 0 aromatic heterocycles. The predicted octanol–water partition coefficient (Wildman–Crippen LogP) is 1.65. The molecule has 7 nitrogen and oxygen atoms in total. The molecule has 0 N–H and O–H groups in total. The van der Waals surface area contributed by atoms with Crippen LogP contribution in [-0.2, 0) is 9.53 Å². The van der Waals surface area contributed by atoms with Crippen LogP contribution in [0.1, 0.15) is 12.8 Å². The van der Waals surface area contributed by atoms with E-state index < -0.39 is 11.7 Å². The fourth-order valence-electron chi connectivity index (χ4n) is 4.07. The number of rotatable bonds is 3. The fraction of sp³-hybridized carbons (Fsp3) is 0.529. The first kappa shape index (κ1) is 15.3. The van der Waals surface area contributed by atoms with Gasteiger partial charge in [0.1, 0.15) is 17.2 Å². The van der Waals surface area contributed by atoms with Crippen LogP contribution in [0.25, 0.3) is 0 Å². The van der Waals surface area contributed by atoms with Crippen molar-refractivity contribution in [1.29, 1.82) is 0 Å². The number of anilines is 1. The number of ether oxygens (including phenoxy) is 3. The largest absolute Gasteiger partial charge is 0.497 e. The van der Waals surface area contributed by atoms with Gasteiger partial charge in [0.2, 0.25) is 5.60 Å². The summed E-state index contributed by atoms with van der Waals surface area (Å²) in [7, 11) is 3.03. The van der Waals surface area contributed by atoms with E-state index in [0.717, 1.165) is 30.8 Å². The quantitative estimate of drug-likeness (QED) is 0.838. The molecule has 4 heterocycles. The lowest BCUT2D eigenvalue weighted by molar-refractivity contribution is -0.148. The lowest BCUT2D eigenvalue weighted by Crippen LogP contribution is -2.63. The average Bonchev–Trinajstić information content (AvgIpc) is 2.85. The van der Waals surface area contributed by atoms with Crippen LogP contribution in [0.3, 0.4) is 0 Å². The number of amides is 2. The summed E-state index contributed by atoms with van der Waals surface area (Å²) < 4.78 is 16.2. The topological polar surface area (TPSA) is 68.3 Å². The summed E-state index contributed by atoms with van der Waals surface area (Å²) in [5, 5.41) is 0. The van der Waals surface area contributed by atoms with Crippen molar-refractivity contribution in [3.05, 3.63) is 18.2 Å². The van der Waals surface area contributed by atoms with E-state index in [2.05, 4.69) is 4.90 Å². The number of imide groups is 1. The Bertz CT molecular complexity index is 698. The molecule has 24 heavy (non-hydrogen) atoms. The molecular formula is C17H20N2O5. The molecule has 0 radical (unpaired) electrons. The van der Waals surface area contributed by atoms with Gasteiger partial charge in [0.05, 0.1) is 14.2 Å². The minimum absolute atomic E-state index is 0.0838. The summed E-state index contributed by atoms with van der Waals surface area (Å²) in [4.78, 5) is 29.1. The molecule has 0 saturated carbocycles. The minimum atomic E-state index is -1.05. The van der Waals surface area contributed by atoms with Crippen molar-refractivity contribution in [2.75, 3.05) is 38.8 Å². The van der Waals surface area contributed by atoms with E-state index in [1.165, 1.54) is 14.2 Å². The summed E-state index contributed by atoms with van der Waals surface area (Å²) in [5.41, 5.74) is -0.693. The molecule has 4 aliphatic rings. The zero-order valence-corrected chi connectivity index (χ0v) is 13.8. The SMILES string of the molecule is COc1ccc(OC)c(N2C(=O)OC3(CN4CCC3CC4)C2=O)c1. The van der Waals surface area contributed by atoms with Crippen molar-refractivity contribution in [3.8, 4) is 11.5 Å². The molecule has 1 spiro atoms. The second-order valence-corrected chi connectivity index (χ2v) is 6.49. The van der Waals surface area contributed by atoms with Crippen molar-refractivity contribution in [1.82, 2.24) is 4.90 Å². The van der Waals surface area contributed by atoms with Gasteiger partial charge in [-0.3, -0.25) is 9.69 Å². The standard InChI is InChI=1S/C17H20N2O5/c1-22-12-3-4-14(23-2)13(9-12)19-15(20)17(24-16(19)21)10-18-7-5-11(17)6-8-18/h3-4,9,11H,5-8,10H2,1-2H3. The van der Waals surface area contributed by atoms with Gasteiger partial charge in [-0.1, -0.05) is 0 Å². The van der Waals surface area contributed by atoms with Crippen molar-refractivity contribution in [2.45, 2.75) is 18.4 Å². The lowest BCUT2D eigenvalue weighted by Gasteiger charge is -2.48. The number of piperidine rings is 3. The number of nitrogens with zero attached hydrogens (tertiary/aromatic N) is 2. The van der Waals surface area contributed by atoms with Crippen LogP contribution in [0.4, 0.5) is 10.5 Å². The van der Waals surface area contributed by atoms with E-state index in [4.69, 9.17) is 14.2 Å². The number of carbonyl (C=O) groups is 2. The number of methoxy groups -OCH3 is 2. The Morgan fingerprint density at radius 3 is 2.50 bits per heavy atom. The lowest BCUT2D eigenvalue weighted by atomic mass is 9.75. The van der Waals surface area contributed by atoms with Crippen LogP contribution in [0.5, 0.6) is 11.5 Å². The minimum Gasteiger partial charge on any atom is -0.497 e. The van der Waals surface area contributed by atoms with Crippen LogP contribution in [0.2, 0.25) is 0 Å². The molecule has 1 unspecified atom stereocenters. The fourth-order valence-corrected chi connectivity index (χ4v) is 4.07. The van der Waals surface area contributed by atoms with Gasteiger partial charge in [-0.15, -0.1) is 0 Å². The molecule has 4 fully saturated rings. The van der Waals surface area contributed by atoms with Gasteiger partial charge in [0, 0.05) is 18.5 Å². The number of hydrogen-bond donors (Lipinski definition) is 0. The van der Waals surface area contributed by atoms with Crippen molar-refractivity contribution in [3.63, 3.8) is 0 Å². The summed E-state index contributed by atoms with van der Waals surface area (Å²) >= 11 is 0. The summed E-state index contributed by atoms with van der Waals surface area (Å²) in [6, 6.07) is 5.02. The van der Waals surface area contributed by atoms with Gasteiger partial charge in [0.25, 0.3) is 5.91 Å². The number of benzene rings is 1. The van der Waals surface area contributed by atoms with Crippen LogP contribution in [0.15, 0.2) is 18.2 Å². The van der Waals surface area contributed by atoms with Gasteiger partial charge >= 0.3 is 6.09 Å². The smallest absolute Gasteiger partial charge is 0.422 e. The van der Waals surface area contributed by atoms with E-state index in [0.29, 0.717) is 23.7 Å². The third kappa shape index (κ3) is 2.00. The maximum Gasteiger partial charge on any atom is 0.422 e. The van der Waals surface area contributed by atoms with Gasteiger partial charge < -0.3 is 14.2 Å². The van der Waals surface area contributed by atoms with E-state index >= 15 is 0 Å². The Hall–Kier alpha value is -2.28. The number of hydrogen-bond acceptors (Lipinski definition) is 6. The highest BCUT2D eigenvalue weighted by molar-refractivity contribution is 6.21. The molecule has 128 valence electrons. The maximum absolute atomic E-state index is 13.2. The first-order valence-corrected chi connectivity index (χ1v) is 8.11. The van der Waals surface area contributed by atoms with Gasteiger partial charge in [-0.05, 0) is 38.1 Å². The van der Waals surface area contributed by atoms with Crippen LogP contribution >= 0.6 is 0 Å². The molecule has 5 rings (SSSR count). The monoisotopic (exact) mass is 332 g/mol. The highest BCUT2D eigenvalue weighted by atomic mass is 16.6. The molecule has 1 atom stereocenters. The Balaban J connectivity index is 1.75. The van der Waals surface area contributed by atoms with E-state index in [9.17, 15) is 9.59 Å². The zero-order chi connectivity index (χ0) is 16.9. The van der Waals surface area contributed by atoms with Gasteiger partial charge in [-0.2, -0.15) is 0 Å². The maximum atomic E-state index is 13.2. The summed E-state index contributed by atoms with van der Waals surface area (Å²) in [5.74, 6) is 0.759. The zero-order valence-electron chi connectivity index (χ0n) is 13.8. The number of fused-ring (bicyclic) bond motifs is 2. The highest BCUT2D eigenvalue weighted by Gasteiger charge is 2.62. The Kier molecular flexibility index (Phi) is 3.42. The van der Waals surface area contributed by atoms with Crippen LogP contribution in [-0.4, -0.2) is 56.4 Å². The molecular weight excluding hydrogens is 312 g/mol. The van der Waals surface area contributed by atoms with Gasteiger partial charge in [-0.25, -0.2) is 9.69 Å². The van der Waals surface area contributed by atoms with E-state index in [-0.39, 0.29) is 11.8 Å². The average molecular weight is 332 g/mol. The molecule has 4 aliphatic heterocycles. The molecule has 2 amide bonds. The van der Waals surface area contributed by atoms with Gasteiger partial charge in [0.15, 0.2) is 0 Å². The Morgan fingerprint density at radius 1 is 1.17 bits per heavy atom. The third-order valence-electron chi connectivity index (χ3n) is 5.35.